The van der Waals surface area contributed by atoms with Gasteiger partial charge in [-0.3, -0.25) is 9.59 Å². The number of phenolic OH excluding ortho intramolecular Hbond substituents is 1. The van der Waals surface area contributed by atoms with Crippen molar-refractivity contribution in [1.29, 1.82) is 0 Å². The molecule has 0 aliphatic carbocycles. The zero-order chi connectivity index (χ0) is 17.0. The molecule has 0 aliphatic rings. The Morgan fingerprint density at radius 3 is 2.17 bits per heavy atom. The fraction of sp³-hybridized carbons (Fsp3) is 0.222. The molecule has 0 saturated carbocycles. The molecule has 0 unspecified atom stereocenters. The van der Waals surface area contributed by atoms with Gasteiger partial charge >= 0.3 is 0 Å². The van der Waals surface area contributed by atoms with Crippen molar-refractivity contribution in [2.24, 2.45) is 0 Å². The van der Waals surface area contributed by atoms with E-state index in [2.05, 4.69) is 0 Å². The molecule has 1 N–H and O–H groups in total. The van der Waals surface area contributed by atoms with Crippen molar-refractivity contribution in [2.75, 3.05) is 0 Å². The lowest BCUT2D eigenvalue weighted by Crippen LogP contribution is -2.07. The highest BCUT2D eigenvalue weighted by atomic mass is 127. The van der Waals surface area contributed by atoms with Gasteiger partial charge in [0.2, 0.25) is 0 Å². The maximum absolute atomic E-state index is 12.3. The Labute approximate surface area is 148 Å². The van der Waals surface area contributed by atoms with Crippen molar-refractivity contribution >= 4 is 34.2 Å². The number of carbonyl (C=O) groups excluding carboxylic acids is 2. The monoisotopic (exact) mass is 424 g/mol. The molecule has 0 atom stereocenters. The summed E-state index contributed by atoms with van der Waals surface area (Å²) in [5, 5.41) is 10.3. The Bertz CT molecular complexity index is 738. The number of aromatic hydroxyl groups is 1. The van der Waals surface area contributed by atoms with Gasteiger partial charge < -0.3 is 9.84 Å². The number of hydrogen-bond acceptors (Lipinski definition) is 4. The molecular formula is C18H17IO4. The molecule has 2 aromatic carbocycles. The van der Waals surface area contributed by atoms with Crippen LogP contribution in [0.1, 0.15) is 47.4 Å². The van der Waals surface area contributed by atoms with E-state index in [0.717, 1.165) is 0 Å². The first kappa shape index (κ1) is 17.5. The molecule has 0 fully saturated rings. The predicted molar refractivity (Wildman–Crippen MR) is 96.6 cm³/mol. The van der Waals surface area contributed by atoms with E-state index in [0.29, 0.717) is 14.9 Å². The van der Waals surface area contributed by atoms with Gasteiger partial charge in [-0.25, -0.2) is 0 Å². The first-order valence-electron chi connectivity index (χ1n) is 7.34. The number of hydrogen-bond donors (Lipinski definition) is 1. The highest BCUT2D eigenvalue weighted by Crippen LogP contribution is 2.39. The van der Waals surface area contributed by atoms with E-state index in [1.54, 1.807) is 26.0 Å². The van der Waals surface area contributed by atoms with Crippen LogP contribution in [0.4, 0.5) is 0 Å². The van der Waals surface area contributed by atoms with Gasteiger partial charge in [-0.1, -0.05) is 32.0 Å². The Hall–Kier alpha value is -1.89. The highest BCUT2D eigenvalue weighted by molar-refractivity contribution is 14.1. The van der Waals surface area contributed by atoms with Crippen LogP contribution in [0.5, 0.6) is 17.2 Å². The van der Waals surface area contributed by atoms with Crippen LogP contribution in [0, 0.1) is 3.57 Å². The number of ketones is 2. The van der Waals surface area contributed by atoms with Crippen LogP contribution < -0.4 is 4.74 Å². The summed E-state index contributed by atoms with van der Waals surface area (Å²) in [5.74, 6) is 0.352. The molecule has 120 valence electrons. The van der Waals surface area contributed by atoms with Gasteiger partial charge in [-0.2, -0.15) is 0 Å². The van der Waals surface area contributed by atoms with Crippen LogP contribution in [0.2, 0.25) is 0 Å². The lowest BCUT2D eigenvalue weighted by molar-refractivity contribution is 0.0985. The number of carbonyl (C=O) groups is 2. The topological polar surface area (TPSA) is 63.6 Å². The Morgan fingerprint density at radius 2 is 1.61 bits per heavy atom. The summed E-state index contributed by atoms with van der Waals surface area (Å²) in [6.07, 6.45) is 0.536. The molecule has 4 nitrogen and oxygen atoms in total. The quantitative estimate of drug-likeness (QED) is 0.525. The SMILES string of the molecule is CCC(=O)c1cc(C(=O)CC)c(Oc2ccccc2)c(I)c1O. The Kier molecular flexibility index (Phi) is 5.76. The number of phenols is 1. The van der Waals surface area contributed by atoms with Crippen LogP contribution in [0.3, 0.4) is 0 Å². The zero-order valence-electron chi connectivity index (χ0n) is 12.9. The third kappa shape index (κ3) is 3.72. The summed E-state index contributed by atoms with van der Waals surface area (Å²) in [6, 6.07) is 10.5. The summed E-state index contributed by atoms with van der Waals surface area (Å²) in [6.45, 7) is 3.46. The fourth-order valence-electron chi connectivity index (χ4n) is 2.13. The number of benzene rings is 2. The van der Waals surface area contributed by atoms with Gasteiger partial charge in [-0.05, 0) is 40.8 Å². The normalized spacial score (nSPS) is 10.4. The van der Waals surface area contributed by atoms with Crippen molar-refractivity contribution < 1.29 is 19.4 Å². The van der Waals surface area contributed by atoms with Gasteiger partial charge in [0.15, 0.2) is 17.3 Å². The summed E-state index contributed by atoms with van der Waals surface area (Å²) in [4.78, 5) is 24.3. The first-order chi connectivity index (χ1) is 11.0. The largest absolute Gasteiger partial charge is 0.506 e. The van der Waals surface area contributed by atoms with E-state index in [4.69, 9.17) is 4.74 Å². The molecule has 0 bridgehead atoms. The number of ether oxygens (including phenoxy) is 1. The van der Waals surface area contributed by atoms with Crippen molar-refractivity contribution in [2.45, 2.75) is 26.7 Å². The molecule has 0 amide bonds. The van der Waals surface area contributed by atoms with E-state index in [-0.39, 0.29) is 41.5 Å². The average molecular weight is 424 g/mol. The molecule has 0 aliphatic heterocycles. The van der Waals surface area contributed by atoms with Gasteiger partial charge in [-0.15, -0.1) is 0 Å². The lowest BCUT2D eigenvalue weighted by atomic mass is 10.00. The number of rotatable bonds is 6. The van der Waals surface area contributed by atoms with E-state index in [9.17, 15) is 14.7 Å². The standard InChI is InChI=1S/C18H17IO4/c1-3-14(20)12-10-13(15(21)4-2)18(16(19)17(12)22)23-11-8-6-5-7-9-11/h5-10,22H,3-4H2,1-2H3. The maximum atomic E-state index is 12.3. The third-order valence-corrected chi connectivity index (χ3v) is 4.40. The molecule has 0 aromatic heterocycles. The number of halogens is 1. The van der Waals surface area contributed by atoms with Crippen LogP contribution in [-0.2, 0) is 0 Å². The second-order valence-corrected chi connectivity index (χ2v) is 6.01. The molecular weight excluding hydrogens is 407 g/mol. The minimum atomic E-state index is -0.211. The third-order valence-electron chi connectivity index (χ3n) is 3.40. The van der Waals surface area contributed by atoms with Crippen molar-refractivity contribution in [1.82, 2.24) is 0 Å². The second-order valence-electron chi connectivity index (χ2n) is 4.93. The first-order valence-corrected chi connectivity index (χ1v) is 8.42. The Balaban J connectivity index is 2.62. The summed E-state index contributed by atoms with van der Waals surface area (Å²) in [5.41, 5.74) is 0.476. The zero-order valence-corrected chi connectivity index (χ0v) is 15.1. The average Bonchev–Trinajstić information content (AvgIpc) is 2.58. The Morgan fingerprint density at radius 1 is 1.04 bits per heavy atom. The van der Waals surface area contributed by atoms with Gasteiger partial charge in [0, 0.05) is 12.8 Å². The predicted octanol–water partition coefficient (Wildman–Crippen LogP) is 4.97. The van der Waals surface area contributed by atoms with Gasteiger partial charge in [0.05, 0.1) is 14.7 Å². The van der Waals surface area contributed by atoms with E-state index < -0.39 is 0 Å². The van der Waals surface area contributed by atoms with Crippen LogP contribution in [0.25, 0.3) is 0 Å². The molecule has 0 saturated heterocycles. The maximum Gasteiger partial charge on any atom is 0.166 e. The van der Waals surface area contributed by atoms with Gasteiger partial charge in [0.1, 0.15) is 11.5 Å². The number of para-hydroxylation sites is 1. The van der Waals surface area contributed by atoms with Crippen molar-refractivity contribution in [3.63, 3.8) is 0 Å². The van der Waals surface area contributed by atoms with Crippen LogP contribution in [0.15, 0.2) is 36.4 Å². The molecule has 0 spiro atoms. The van der Waals surface area contributed by atoms with E-state index in [1.807, 2.05) is 40.8 Å². The number of Topliss-reactive ketones (excluding diaryl/α,β-unsaturated/α-hetero) is 2. The summed E-state index contributed by atoms with van der Waals surface area (Å²) in [7, 11) is 0. The minimum absolute atomic E-state index is 0.140. The van der Waals surface area contributed by atoms with E-state index in [1.165, 1.54) is 6.07 Å². The molecule has 2 aromatic rings. The molecule has 5 heteroatoms. The fourth-order valence-corrected chi connectivity index (χ4v) is 2.82. The highest BCUT2D eigenvalue weighted by Gasteiger charge is 2.24. The molecule has 23 heavy (non-hydrogen) atoms. The van der Waals surface area contributed by atoms with Crippen molar-refractivity contribution in [3.8, 4) is 17.2 Å². The molecule has 0 radical (unpaired) electrons. The van der Waals surface area contributed by atoms with Crippen molar-refractivity contribution in [3.05, 3.63) is 51.1 Å². The van der Waals surface area contributed by atoms with Crippen LogP contribution in [-0.4, -0.2) is 16.7 Å². The van der Waals surface area contributed by atoms with Gasteiger partial charge in [0.25, 0.3) is 0 Å². The van der Waals surface area contributed by atoms with E-state index >= 15 is 0 Å². The minimum Gasteiger partial charge on any atom is -0.506 e. The summed E-state index contributed by atoms with van der Waals surface area (Å²) >= 11 is 1.90. The summed E-state index contributed by atoms with van der Waals surface area (Å²) < 4.78 is 6.18. The van der Waals surface area contributed by atoms with Crippen LogP contribution >= 0.6 is 22.6 Å². The lowest BCUT2D eigenvalue weighted by Gasteiger charge is -2.15. The molecule has 0 heterocycles. The smallest absolute Gasteiger partial charge is 0.166 e. The second kappa shape index (κ2) is 7.59. The molecule has 2 rings (SSSR count).